The van der Waals surface area contributed by atoms with Gasteiger partial charge in [-0.25, -0.2) is 4.99 Å². The van der Waals surface area contributed by atoms with Crippen LogP contribution in [0, 0.1) is 0 Å². The Bertz CT molecular complexity index is 1010. The van der Waals surface area contributed by atoms with Crippen LogP contribution in [0.3, 0.4) is 0 Å². The van der Waals surface area contributed by atoms with Gasteiger partial charge in [0.15, 0.2) is 11.7 Å². The Kier molecular flexibility index (Phi) is 4.04. The molecule has 0 aromatic heterocycles. The van der Waals surface area contributed by atoms with Crippen molar-refractivity contribution in [2.24, 2.45) is 9.98 Å². The molecular formula is C22H23N5O. The third kappa shape index (κ3) is 2.91. The molecule has 28 heavy (non-hydrogen) atoms. The molecule has 0 spiro atoms. The number of nitrogens with zero attached hydrogens (tertiary/aromatic N) is 4. The van der Waals surface area contributed by atoms with E-state index in [4.69, 9.17) is 9.73 Å². The number of fused-ring (bicyclic) bond motifs is 2. The normalized spacial score (nSPS) is 19.5. The van der Waals surface area contributed by atoms with Crippen molar-refractivity contribution in [3.63, 3.8) is 0 Å². The van der Waals surface area contributed by atoms with Crippen LogP contribution in [-0.2, 0) is 6.42 Å². The Morgan fingerprint density at radius 2 is 2.11 bits per heavy atom. The van der Waals surface area contributed by atoms with Gasteiger partial charge in [0.2, 0.25) is 0 Å². The first-order valence-electron chi connectivity index (χ1n) is 9.57. The fourth-order valence-corrected chi connectivity index (χ4v) is 3.87. The number of rotatable bonds is 3. The summed E-state index contributed by atoms with van der Waals surface area (Å²) in [5.41, 5.74) is 4.70. The summed E-state index contributed by atoms with van der Waals surface area (Å²) in [4.78, 5) is 13.6. The van der Waals surface area contributed by atoms with Gasteiger partial charge in [-0.05, 0) is 41.5 Å². The molecule has 1 N–H and O–H groups in total. The minimum absolute atomic E-state index is 0.192. The van der Waals surface area contributed by atoms with E-state index in [0.29, 0.717) is 0 Å². The van der Waals surface area contributed by atoms with Crippen molar-refractivity contribution in [3.05, 3.63) is 66.0 Å². The van der Waals surface area contributed by atoms with E-state index in [2.05, 4.69) is 50.4 Å². The van der Waals surface area contributed by atoms with Gasteiger partial charge in [-0.1, -0.05) is 12.1 Å². The lowest BCUT2D eigenvalue weighted by Crippen LogP contribution is -2.37. The van der Waals surface area contributed by atoms with E-state index in [-0.39, 0.29) is 6.04 Å². The van der Waals surface area contributed by atoms with Gasteiger partial charge in [0.1, 0.15) is 5.75 Å². The third-order valence-electron chi connectivity index (χ3n) is 5.36. The van der Waals surface area contributed by atoms with E-state index in [0.717, 1.165) is 48.4 Å². The molecule has 6 nitrogen and oxygen atoms in total. The first kappa shape index (κ1) is 16.9. The first-order chi connectivity index (χ1) is 13.7. The van der Waals surface area contributed by atoms with Crippen molar-refractivity contribution in [3.8, 4) is 5.75 Å². The Hall–Kier alpha value is -3.28. The smallest absolute Gasteiger partial charge is 0.173 e. The summed E-state index contributed by atoms with van der Waals surface area (Å²) in [6, 6.07) is 15.0. The summed E-state index contributed by atoms with van der Waals surface area (Å²) in [5.74, 6) is 2.69. The second-order valence-electron chi connectivity index (χ2n) is 7.40. The Morgan fingerprint density at radius 1 is 1.18 bits per heavy atom. The summed E-state index contributed by atoms with van der Waals surface area (Å²) in [6.07, 6.45) is 4.84. The molecule has 6 heteroatoms. The van der Waals surface area contributed by atoms with Gasteiger partial charge in [0, 0.05) is 44.3 Å². The second kappa shape index (κ2) is 6.71. The van der Waals surface area contributed by atoms with Gasteiger partial charge in [-0.15, -0.1) is 0 Å². The molecule has 3 aliphatic heterocycles. The van der Waals surface area contributed by atoms with E-state index >= 15 is 0 Å². The number of benzene rings is 2. The van der Waals surface area contributed by atoms with E-state index in [9.17, 15) is 0 Å². The molecule has 1 atom stereocenters. The van der Waals surface area contributed by atoms with E-state index in [1.165, 1.54) is 11.1 Å². The van der Waals surface area contributed by atoms with Gasteiger partial charge in [0.05, 0.1) is 19.2 Å². The van der Waals surface area contributed by atoms with Gasteiger partial charge in [0.25, 0.3) is 0 Å². The highest BCUT2D eigenvalue weighted by Crippen LogP contribution is 2.34. The molecule has 0 bridgehead atoms. The largest absolute Gasteiger partial charge is 0.493 e. The van der Waals surface area contributed by atoms with Gasteiger partial charge < -0.3 is 19.9 Å². The van der Waals surface area contributed by atoms with Crippen LogP contribution in [0.15, 0.2) is 64.8 Å². The zero-order chi connectivity index (χ0) is 19.1. The van der Waals surface area contributed by atoms with Crippen LogP contribution in [0.25, 0.3) is 0 Å². The molecule has 0 amide bonds. The summed E-state index contributed by atoms with van der Waals surface area (Å²) in [5, 5.41) is 3.44. The maximum absolute atomic E-state index is 5.64. The molecule has 0 saturated carbocycles. The number of anilines is 2. The summed E-state index contributed by atoms with van der Waals surface area (Å²) < 4.78 is 5.64. The second-order valence-corrected chi connectivity index (χ2v) is 7.40. The van der Waals surface area contributed by atoms with Crippen molar-refractivity contribution in [2.75, 3.05) is 37.5 Å². The van der Waals surface area contributed by atoms with Gasteiger partial charge >= 0.3 is 0 Å². The SMILES string of the molecule is CN(C)c1cccc(NC2=NC=CN3C2=NCC3c2ccc3c(c2)CCO3)c1. The topological polar surface area (TPSA) is 52.5 Å². The maximum Gasteiger partial charge on any atom is 0.173 e. The fraction of sp³-hybridized carbons (Fsp3) is 0.273. The Labute approximate surface area is 164 Å². The monoisotopic (exact) mass is 373 g/mol. The molecule has 1 unspecified atom stereocenters. The van der Waals surface area contributed by atoms with Crippen LogP contribution in [-0.4, -0.2) is 43.8 Å². The van der Waals surface area contributed by atoms with Crippen LogP contribution in [0.4, 0.5) is 11.4 Å². The third-order valence-corrected chi connectivity index (χ3v) is 5.36. The zero-order valence-corrected chi connectivity index (χ0v) is 16.1. The number of amidine groups is 2. The lowest BCUT2D eigenvalue weighted by molar-refractivity contribution is 0.356. The Morgan fingerprint density at radius 3 is 3.00 bits per heavy atom. The summed E-state index contributed by atoms with van der Waals surface area (Å²) >= 11 is 0. The van der Waals surface area contributed by atoms with Crippen LogP contribution >= 0.6 is 0 Å². The minimum atomic E-state index is 0.192. The van der Waals surface area contributed by atoms with Crippen molar-refractivity contribution in [2.45, 2.75) is 12.5 Å². The van der Waals surface area contributed by atoms with Gasteiger partial charge in [-0.2, -0.15) is 0 Å². The molecule has 2 aromatic rings. The van der Waals surface area contributed by atoms with Crippen LogP contribution in [0.2, 0.25) is 0 Å². The van der Waals surface area contributed by atoms with Crippen LogP contribution in [0.5, 0.6) is 5.75 Å². The average molecular weight is 373 g/mol. The summed E-state index contributed by atoms with van der Waals surface area (Å²) in [6.45, 7) is 1.50. The lowest BCUT2D eigenvalue weighted by atomic mass is 10.0. The molecule has 3 heterocycles. The Balaban J connectivity index is 1.37. The van der Waals surface area contributed by atoms with E-state index < -0.39 is 0 Å². The molecule has 3 aliphatic rings. The quantitative estimate of drug-likeness (QED) is 0.896. The molecule has 0 aliphatic carbocycles. The number of hydrogen-bond donors (Lipinski definition) is 1. The van der Waals surface area contributed by atoms with E-state index in [1.807, 2.05) is 38.6 Å². The van der Waals surface area contributed by atoms with Crippen molar-refractivity contribution < 1.29 is 4.74 Å². The van der Waals surface area contributed by atoms with Crippen molar-refractivity contribution in [1.29, 1.82) is 0 Å². The highest BCUT2D eigenvalue weighted by atomic mass is 16.5. The maximum atomic E-state index is 5.64. The van der Waals surface area contributed by atoms with E-state index in [1.54, 1.807) is 0 Å². The average Bonchev–Trinajstić information content (AvgIpc) is 3.35. The number of nitrogens with one attached hydrogen (secondary N) is 1. The first-order valence-corrected chi connectivity index (χ1v) is 9.57. The zero-order valence-electron chi connectivity index (χ0n) is 16.1. The standard InChI is InChI=1S/C22H23N5O/c1-26(2)18-5-3-4-17(13-18)25-21-22-24-14-19(27(22)10-9-23-21)15-6-7-20-16(12-15)8-11-28-20/h3-7,9-10,12-13,19H,8,11,14H2,1-2H3,(H,23,25). The van der Waals surface area contributed by atoms with Gasteiger partial charge in [-0.3, -0.25) is 4.99 Å². The fourth-order valence-electron chi connectivity index (χ4n) is 3.87. The molecule has 2 aromatic carbocycles. The summed E-state index contributed by atoms with van der Waals surface area (Å²) in [7, 11) is 4.07. The molecule has 142 valence electrons. The van der Waals surface area contributed by atoms with Crippen molar-refractivity contribution >= 4 is 23.0 Å². The molecule has 0 fully saturated rings. The molecular weight excluding hydrogens is 350 g/mol. The number of ether oxygens (including phenoxy) is 1. The molecule has 5 rings (SSSR count). The predicted octanol–water partition coefficient (Wildman–Crippen LogP) is 3.44. The minimum Gasteiger partial charge on any atom is -0.493 e. The van der Waals surface area contributed by atoms with Crippen LogP contribution in [0.1, 0.15) is 17.2 Å². The molecule has 0 saturated heterocycles. The highest BCUT2D eigenvalue weighted by molar-refractivity contribution is 6.45. The molecule has 0 radical (unpaired) electrons. The van der Waals surface area contributed by atoms with Crippen molar-refractivity contribution in [1.82, 2.24) is 4.90 Å². The van der Waals surface area contributed by atoms with Crippen LogP contribution < -0.4 is 15.0 Å². The highest BCUT2D eigenvalue weighted by Gasteiger charge is 2.32. The lowest BCUT2D eigenvalue weighted by Gasteiger charge is -2.27. The number of hydrogen-bond acceptors (Lipinski definition) is 6. The number of aliphatic imine (C=N–C) groups is 2. The predicted molar refractivity (Wildman–Crippen MR) is 113 cm³/mol.